The Balaban J connectivity index is 1.34. The van der Waals surface area contributed by atoms with E-state index in [-0.39, 0.29) is 11.8 Å². The SMILES string of the molecule is Cc1cc(C)nc(N2CCC(C(=O)Nc3ccc(-c4csc(C)n4)cc3)CC2)n1. The molecule has 1 aliphatic rings. The van der Waals surface area contributed by atoms with Crippen LogP contribution in [0.1, 0.15) is 29.2 Å². The third-order valence-corrected chi connectivity index (χ3v) is 5.96. The summed E-state index contributed by atoms with van der Waals surface area (Å²) in [5.41, 5.74) is 4.82. The largest absolute Gasteiger partial charge is 0.341 e. The molecule has 0 aliphatic carbocycles. The van der Waals surface area contributed by atoms with Crippen LogP contribution < -0.4 is 10.2 Å². The Morgan fingerprint density at radius 3 is 2.28 bits per heavy atom. The summed E-state index contributed by atoms with van der Waals surface area (Å²) in [5.74, 6) is 0.871. The molecule has 7 heteroatoms. The van der Waals surface area contributed by atoms with Crippen molar-refractivity contribution in [3.05, 3.63) is 52.1 Å². The zero-order valence-corrected chi connectivity index (χ0v) is 17.8. The van der Waals surface area contributed by atoms with Crippen molar-refractivity contribution in [3.63, 3.8) is 0 Å². The number of aryl methyl sites for hydroxylation is 3. The highest BCUT2D eigenvalue weighted by molar-refractivity contribution is 7.09. The molecule has 1 saturated heterocycles. The predicted octanol–water partition coefficient (Wildman–Crippen LogP) is 4.38. The summed E-state index contributed by atoms with van der Waals surface area (Å²) >= 11 is 1.64. The maximum absolute atomic E-state index is 12.7. The lowest BCUT2D eigenvalue weighted by atomic mass is 9.96. The second-order valence-electron chi connectivity index (χ2n) is 7.53. The quantitative estimate of drug-likeness (QED) is 0.695. The zero-order chi connectivity index (χ0) is 20.4. The van der Waals surface area contributed by atoms with Crippen LogP contribution in [0.4, 0.5) is 11.6 Å². The van der Waals surface area contributed by atoms with Gasteiger partial charge in [-0.3, -0.25) is 4.79 Å². The van der Waals surface area contributed by atoms with Gasteiger partial charge in [-0.2, -0.15) is 0 Å². The van der Waals surface area contributed by atoms with Crippen molar-refractivity contribution >= 4 is 28.9 Å². The molecule has 0 atom stereocenters. The van der Waals surface area contributed by atoms with E-state index in [0.29, 0.717) is 0 Å². The van der Waals surface area contributed by atoms with Gasteiger partial charge < -0.3 is 10.2 Å². The van der Waals surface area contributed by atoms with E-state index >= 15 is 0 Å². The number of carbonyl (C=O) groups is 1. The first-order valence-corrected chi connectivity index (χ1v) is 10.8. The monoisotopic (exact) mass is 407 g/mol. The molecule has 6 nitrogen and oxygen atoms in total. The number of nitrogens with one attached hydrogen (secondary N) is 1. The first kappa shape index (κ1) is 19.5. The molecule has 0 saturated carbocycles. The predicted molar refractivity (Wildman–Crippen MR) is 117 cm³/mol. The minimum atomic E-state index is 0.0121. The van der Waals surface area contributed by atoms with Gasteiger partial charge in [0.15, 0.2) is 0 Å². The normalized spacial score (nSPS) is 14.8. The molecule has 2 aromatic heterocycles. The third-order valence-electron chi connectivity index (χ3n) is 5.19. The van der Waals surface area contributed by atoms with Gasteiger partial charge in [-0.1, -0.05) is 12.1 Å². The van der Waals surface area contributed by atoms with Crippen LogP contribution in [-0.2, 0) is 4.79 Å². The summed E-state index contributed by atoms with van der Waals surface area (Å²) in [6.45, 7) is 7.56. The molecule has 1 N–H and O–H groups in total. The molecule has 0 spiro atoms. The lowest BCUT2D eigenvalue weighted by Gasteiger charge is -2.31. The van der Waals surface area contributed by atoms with Crippen molar-refractivity contribution in [3.8, 4) is 11.3 Å². The Morgan fingerprint density at radius 2 is 1.69 bits per heavy atom. The van der Waals surface area contributed by atoms with Crippen molar-refractivity contribution in [2.24, 2.45) is 5.92 Å². The first-order valence-electron chi connectivity index (χ1n) is 9.88. The number of thiazole rings is 1. The van der Waals surface area contributed by atoms with Gasteiger partial charge in [-0.05, 0) is 51.8 Å². The standard InChI is InChI=1S/C22H25N5OS/c1-14-12-15(2)24-22(23-14)27-10-8-18(9-11-27)21(28)26-19-6-4-17(5-7-19)20-13-29-16(3)25-20/h4-7,12-13,18H,8-11H2,1-3H3,(H,26,28). The minimum Gasteiger partial charge on any atom is -0.341 e. The molecule has 1 fully saturated rings. The van der Waals surface area contributed by atoms with Crippen LogP contribution in [0.3, 0.4) is 0 Å². The molecule has 150 valence electrons. The molecular weight excluding hydrogens is 382 g/mol. The maximum atomic E-state index is 12.7. The van der Waals surface area contributed by atoms with Crippen LogP contribution in [0.25, 0.3) is 11.3 Å². The fraction of sp³-hybridized carbons (Fsp3) is 0.364. The second-order valence-corrected chi connectivity index (χ2v) is 8.59. The van der Waals surface area contributed by atoms with Crippen LogP contribution in [0.5, 0.6) is 0 Å². The number of carbonyl (C=O) groups excluding carboxylic acids is 1. The molecule has 0 radical (unpaired) electrons. The Bertz CT molecular complexity index is 986. The molecule has 0 bridgehead atoms. The fourth-order valence-corrected chi connectivity index (χ4v) is 4.28. The smallest absolute Gasteiger partial charge is 0.227 e. The van der Waals surface area contributed by atoms with Crippen molar-refractivity contribution in [1.29, 1.82) is 0 Å². The Labute approximate surface area is 175 Å². The van der Waals surface area contributed by atoms with Gasteiger partial charge in [0.05, 0.1) is 10.7 Å². The summed E-state index contributed by atoms with van der Waals surface area (Å²) in [4.78, 5) is 28.5. The molecule has 1 aliphatic heterocycles. The first-order chi connectivity index (χ1) is 14.0. The summed E-state index contributed by atoms with van der Waals surface area (Å²) in [6.07, 6.45) is 1.61. The molecule has 1 aromatic carbocycles. The van der Waals surface area contributed by atoms with Gasteiger partial charge in [0.1, 0.15) is 0 Å². The van der Waals surface area contributed by atoms with Crippen LogP contribution in [0.15, 0.2) is 35.7 Å². The number of amides is 1. The van der Waals surface area contributed by atoms with Crippen LogP contribution in [0, 0.1) is 26.7 Å². The van der Waals surface area contributed by atoms with Gasteiger partial charge in [0, 0.05) is 47.0 Å². The van der Waals surface area contributed by atoms with Crippen LogP contribution in [-0.4, -0.2) is 33.9 Å². The molecule has 3 aromatic rings. The topological polar surface area (TPSA) is 71.0 Å². The Hall–Kier alpha value is -2.80. The van der Waals surface area contributed by atoms with Crippen LogP contribution >= 0.6 is 11.3 Å². The average Bonchev–Trinajstić information content (AvgIpc) is 3.14. The minimum absolute atomic E-state index is 0.0121. The van der Waals surface area contributed by atoms with Crippen molar-refractivity contribution in [1.82, 2.24) is 15.0 Å². The lowest BCUT2D eigenvalue weighted by molar-refractivity contribution is -0.120. The van der Waals surface area contributed by atoms with Crippen LogP contribution in [0.2, 0.25) is 0 Å². The number of aromatic nitrogens is 3. The van der Waals surface area contributed by atoms with E-state index in [2.05, 4.69) is 30.5 Å². The van der Waals surface area contributed by atoms with E-state index in [9.17, 15) is 4.79 Å². The van der Waals surface area contributed by atoms with E-state index in [4.69, 9.17) is 0 Å². The Kier molecular flexibility index (Phi) is 5.58. The number of nitrogens with zero attached hydrogens (tertiary/aromatic N) is 4. The highest BCUT2D eigenvalue weighted by atomic mass is 32.1. The molecule has 1 amide bonds. The van der Waals surface area contributed by atoms with Crippen molar-refractivity contribution in [2.45, 2.75) is 33.6 Å². The van der Waals surface area contributed by atoms with Gasteiger partial charge in [0.2, 0.25) is 11.9 Å². The molecule has 4 rings (SSSR count). The fourth-order valence-electron chi connectivity index (χ4n) is 3.66. The Morgan fingerprint density at radius 1 is 1.03 bits per heavy atom. The van der Waals surface area contributed by atoms with Gasteiger partial charge in [-0.25, -0.2) is 15.0 Å². The second kappa shape index (κ2) is 8.29. The van der Waals surface area contributed by atoms with E-state index in [0.717, 1.165) is 65.2 Å². The molecule has 0 unspecified atom stereocenters. The van der Waals surface area contributed by atoms with Gasteiger partial charge in [0.25, 0.3) is 0 Å². The molecular formula is C22H25N5OS. The van der Waals surface area contributed by atoms with E-state index in [1.807, 2.05) is 51.1 Å². The number of hydrogen-bond acceptors (Lipinski definition) is 6. The number of rotatable bonds is 4. The zero-order valence-electron chi connectivity index (χ0n) is 17.0. The van der Waals surface area contributed by atoms with E-state index < -0.39 is 0 Å². The highest BCUT2D eigenvalue weighted by Crippen LogP contribution is 2.25. The summed E-state index contributed by atoms with van der Waals surface area (Å²) in [5, 5.41) is 6.16. The number of anilines is 2. The molecule has 29 heavy (non-hydrogen) atoms. The van der Waals surface area contributed by atoms with Crippen molar-refractivity contribution in [2.75, 3.05) is 23.3 Å². The van der Waals surface area contributed by atoms with Crippen molar-refractivity contribution < 1.29 is 4.79 Å². The average molecular weight is 408 g/mol. The van der Waals surface area contributed by atoms with E-state index in [1.165, 1.54) is 0 Å². The maximum Gasteiger partial charge on any atom is 0.227 e. The highest BCUT2D eigenvalue weighted by Gasteiger charge is 2.26. The molecule has 3 heterocycles. The number of piperidine rings is 1. The summed E-state index contributed by atoms with van der Waals surface area (Å²) < 4.78 is 0. The summed E-state index contributed by atoms with van der Waals surface area (Å²) in [7, 11) is 0. The van der Waals surface area contributed by atoms with Gasteiger partial charge in [-0.15, -0.1) is 11.3 Å². The summed E-state index contributed by atoms with van der Waals surface area (Å²) in [6, 6.07) is 9.87. The lowest BCUT2D eigenvalue weighted by Crippen LogP contribution is -2.39. The van der Waals surface area contributed by atoms with E-state index in [1.54, 1.807) is 11.3 Å². The number of benzene rings is 1. The van der Waals surface area contributed by atoms with Gasteiger partial charge >= 0.3 is 0 Å². The third kappa shape index (κ3) is 4.62. The number of hydrogen-bond donors (Lipinski definition) is 1.